The fourth-order valence-corrected chi connectivity index (χ4v) is 2.94. The number of aromatic amines is 1. The minimum Gasteiger partial charge on any atom is -0.358 e. The number of halogens is 1. The lowest BCUT2D eigenvalue weighted by Crippen LogP contribution is -2.26. The molecule has 0 saturated carbocycles. The van der Waals surface area contributed by atoms with E-state index in [1.807, 2.05) is 62.5 Å². The van der Waals surface area contributed by atoms with Crippen molar-refractivity contribution in [1.82, 2.24) is 9.88 Å². The minimum atomic E-state index is 0.0397. The smallest absolute Gasteiger partial charge is 0.256 e. The number of nitrogens with zero attached hydrogens (tertiary/aromatic N) is 1. The van der Waals surface area contributed by atoms with Crippen LogP contribution in [-0.4, -0.2) is 22.8 Å². The average molecular weight is 357 g/mol. The van der Waals surface area contributed by atoms with Crippen molar-refractivity contribution in [3.63, 3.8) is 0 Å². The van der Waals surface area contributed by atoms with Crippen LogP contribution in [0, 0.1) is 6.92 Å². The van der Waals surface area contributed by atoms with Gasteiger partial charge in [-0.15, -0.1) is 0 Å². The zero-order chi connectivity index (χ0) is 15.7. The molecule has 0 bridgehead atoms. The first kappa shape index (κ1) is 14.9. The molecule has 0 fully saturated rings. The summed E-state index contributed by atoms with van der Waals surface area (Å²) in [4.78, 5) is 17.8. The first-order chi connectivity index (χ1) is 10.6. The molecule has 2 aromatic carbocycles. The summed E-state index contributed by atoms with van der Waals surface area (Å²) >= 11 is 3.42. The van der Waals surface area contributed by atoms with Crippen molar-refractivity contribution in [2.75, 3.05) is 7.05 Å². The van der Waals surface area contributed by atoms with Gasteiger partial charge in [0, 0.05) is 34.7 Å². The second-order valence-corrected chi connectivity index (χ2v) is 6.37. The predicted octanol–water partition coefficient (Wildman–Crippen LogP) is 4.51. The van der Waals surface area contributed by atoms with Crippen LogP contribution in [0.4, 0.5) is 0 Å². The molecule has 0 unspecified atom stereocenters. The molecular weight excluding hydrogens is 340 g/mol. The number of para-hydroxylation sites is 1. The van der Waals surface area contributed by atoms with Crippen LogP contribution in [0.1, 0.15) is 21.6 Å². The number of aromatic nitrogens is 1. The van der Waals surface area contributed by atoms with Gasteiger partial charge >= 0.3 is 0 Å². The van der Waals surface area contributed by atoms with E-state index < -0.39 is 0 Å². The molecule has 1 amide bonds. The van der Waals surface area contributed by atoms with Gasteiger partial charge in [0.2, 0.25) is 0 Å². The normalized spacial score (nSPS) is 10.9. The molecule has 112 valence electrons. The number of carbonyl (C=O) groups is 1. The number of hydrogen-bond acceptors (Lipinski definition) is 1. The van der Waals surface area contributed by atoms with Gasteiger partial charge in [0.25, 0.3) is 5.91 Å². The highest BCUT2D eigenvalue weighted by atomic mass is 79.9. The number of amides is 1. The van der Waals surface area contributed by atoms with Crippen molar-refractivity contribution in [3.8, 4) is 0 Å². The van der Waals surface area contributed by atoms with Crippen molar-refractivity contribution in [2.24, 2.45) is 0 Å². The van der Waals surface area contributed by atoms with Crippen LogP contribution in [-0.2, 0) is 6.54 Å². The van der Waals surface area contributed by atoms with E-state index in [-0.39, 0.29) is 5.91 Å². The molecule has 3 aromatic rings. The molecule has 3 rings (SSSR count). The molecule has 22 heavy (non-hydrogen) atoms. The maximum Gasteiger partial charge on any atom is 0.256 e. The summed E-state index contributed by atoms with van der Waals surface area (Å²) in [5.74, 6) is 0.0397. The van der Waals surface area contributed by atoms with Crippen molar-refractivity contribution in [1.29, 1.82) is 0 Å². The SMILES string of the molecule is Cc1[nH]c2ccccc2c1C(=O)N(C)Cc1ccc(Br)cc1. The van der Waals surface area contributed by atoms with Crippen molar-refractivity contribution < 1.29 is 4.79 Å². The van der Waals surface area contributed by atoms with E-state index in [9.17, 15) is 4.79 Å². The van der Waals surface area contributed by atoms with E-state index in [0.29, 0.717) is 6.54 Å². The first-order valence-corrected chi connectivity index (χ1v) is 7.93. The van der Waals surface area contributed by atoms with Crippen LogP contribution in [0.5, 0.6) is 0 Å². The number of fused-ring (bicyclic) bond motifs is 1. The quantitative estimate of drug-likeness (QED) is 0.736. The molecule has 1 aromatic heterocycles. The second-order valence-electron chi connectivity index (χ2n) is 5.46. The third-order valence-corrected chi connectivity index (χ3v) is 4.32. The number of rotatable bonds is 3. The largest absolute Gasteiger partial charge is 0.358 e. The summed E-state index contributed by atoms with van der Waals surface area (Å²) in [6.07, 6.45) is 0. The third-order valence-electron chi connectivity index (χ3n) is 3.79. The Kier molecular flexibility index (Phi) is 4.03. The highest BCUT2D eigenvalue weighted by Crippen LogP contribution is 2.23. The Balaban J connectivity index is 1.88. The van der Waals surface area contributed by atoms with Gasteiger partial charge in [-0.2, -0.15) is 0 Å². The van der Waals surface area contributed by atoms with Crippen LogP contribution >= 0.6 is 15.9 Å². The topological polar surface area (TPSA) is 36.1 Å². The summed E-state index contributed by atoms with van der Waals surface area (Å²) in [6.45, 7) is 2.53. The van der Waals surface area contributed by atoms with Crippen molar-refractivity contribution in [3.05, 3.63) is 69.8 Å². The average Bonchev–Trinajstić information content (AvgIpc) is 2.84. The zero-order valence-corrected chi connectivity index (χ0v) is 14.1. The molecule has 0 aliphatic heterocycles. The Labute approximate surface area is 138 Å². The molecule has 4 heteroatoms. The molecular formula is C18H17BrN2O. The molecule has 0 aliphatic rings. The fraction of sp³-hybridized carbons (Fsp3) is 0.167. The van der Waals surface area contributed by atoms with E-state index in [1.165, 1.54) is 0 Å². The van der Waals surface area contributed by atoms with E-state index in [1.54, 1.807) is 4.90 Å². The van der Waals surface area contributed by atoms with Crippen LogP contribution in [0.3, 0.4) is 0 Å². The van der Waals surface area contributed by atoms with Gasteiger partial charge < -0.3 is 9.88 Å². The molecule has 0 spiro atoms. The highest BCUT2D eigenvalue weighted by Gasteiger charge is 2.19. The van der Waals surface area contributed by atoms with E-state index in [2.05, 4.69) is 20.9 Å². The number of benzene rings is 2. The number of aryl methyl sites for hydroxylation is 1. The summed E-state index contributed by atoms with van der Waals surface area (Å²) in [5, 5.41) is 0.979. The Hall–Kier alpha value is -2.07. The predicted molar refractivity (Wildman–Crippen MR) is 93.0 cm³/mol. The van der Waals surface area contributed by atoms with Gasteiger partial charge in [0.1, 0.15) is 0 Å². The number of hydrogen-bond donors (Lipinski definition) is 1. The Bertz CT molecular complexity index is 821. The van der Waals surface area contributed by atoms with Crippen LogP contribution in [0.25, 0.3) is 10.9 Å². The summed E-state index contributed by atoms with van der Waals surface area (Å²) in [7, 11) is 1.84. The van der Waals surface area contributed by atoms with Gasteiger partial charge in [-0.1, -0.05) is 46.3 Å². The number of nitrogens with one attached hydrogen (secondary N) is 1. The monoisotopic (exact) mass is 356 g/mol. The summed E-state index contributed by atoms with van der Waals surface area (Å²) in [5.41, 5.74) is 3.78. The van der Waals surface area contributed by atoms with Crippen LogP contribution < -0.4 is 0 Å². The lowest BCUT2D eigenvalue weighted by Gasteiger charge is -2.17. The Morgan fingerprint density at radius 3 is 2.55 bits per heavy atom. The summed E-state index contributed by atoms with van der Waals surface area (Å²) < 4.78 is 1.04. The van der Waals surface area contributed by atoms with Gasteiger partial charge in [0.15, 0.2) is 0 Å². The lowest BCUT2D eigenvalue weighted by molar-refractivity contribution is 0.0786. The van der Waals surface area contributed by atoms with Gasteiger partial charge in [-0.3, -0.25) is 4.79 Å². The number of H-pyrrole nitrogens is 1. The van der Waals surface area contributed by atoms with Crippen LogP contribution in [0.15, 0.2) is 53.0 Å². The molecule has 0 radical (unpaired) electrons. The van der Waals surface area contributed by atoms with E-state index >= 15 is 0 Å². The minimum absolute atomic E-state index is 0.0397. The van der Waals surface area contributed by atoms with Crippen molar-refractivity contribution in [2.45, 2.75) is 13.5 Å². The molecule has 3 nitrogen and oxygen atoms in total. The second kappa shape index (κ2) is 5.97. The molecule has 0 aliphatic carbocycles. The molecule has 0 atom stereocenters. The molecule has 0 saturated heterocycles. The standard InChI is InChI=1S/C18H17BrN2O/c1-12-17(15-5-3-4-6-16(15)20-12)18(22)21(2)11-13-7-9-14(19)10-8-13/h3-10,20H,11H2,1-2H3. The van der Waals surface area contributed by atoms with Gasteiger partial charge in [0.05, 0.1) is 5.56 Å². The molecule has 1 heterocycles. The number of carbonyl (C=O) groups excluding carboxylic acids is 1. The Morgan fingerprint density at radius 2 is 1.82 bits per heavy atom. The van der Waals surface area contributed by atoms with E-state index in [4.69, 9.17) is 0 Å². The van der Waals surface area contributed by atoms with Crippen LogP contribution in [0.2, 0.25) is 0 Å². The van der Waals surface area contributed by atoms with Gasteiger partial charge in [-0.05, 0) is 30.7 Å². The lowest BCUT2D eigenvalue weighted by atomic mass is 10.1. The first-order valence-electron chi connectivity index (χ1n) is 7.13. The maximum absolute atomic E-state index is 12.8. The summed E-state index contributed by atoms with van der Waals surface area (Å²) in [6, 6.07) is 15.9. The third kappa shape index (κ3) is 2.79. The van der Waals surface area contributed by atoms with E-state index in [0.717, 1.165) is 32.2 Å². The van der Waals surface area contributed by atoms with Gasteiger partial charge in [-0.25, -0.2) is 0 Å². The zero-order valence-electron chi connectivity index (χ0n) is 12.6. The fourth-order valence-electron chi connectivity index (χ4n) is 2.68. The van der Waals surface area contributed by atoms with Crippen molar-refractivity contribution >= 4 is 32.7 Å². The highest BCUT2D eigenvalue weighted by molar-refractivity contribution is 9.10. The Morgan fingerprint density at radius 1 is 1.14 bits per heavy atom. The maximum atomic E-state index is 12.8. The molecule has 1 N–H and O–H groups in total.